The zero-order valence-electron chi connectivity index (χ0n) is 21.4. The van der Waals surface area contributed by atoms with E-state index >= 15 is 0 Å². The minimum absolute atomic E-state index is 0.164. The average Bonchev–Trinajstić information content (AvgIpc) is 2.89. The molecule has 2 aromatic carbocycles. The Bertz CT molecular complexity index is 1220. The molecule has 3 aromatic rings. The van der Waals surface area contributed by atoms with Gasteiger partial charge in [-0.15, -0.1) is 0 Å². The Labute approximate surface area is 221 Å². The molecule has 0 aliphatic heterocycles. The number of nitrogens with zero attached hydrogens (tertiary/aromatic N) is 1. The molecule has 0 amide bonds. The molecule has 0 saturated heterocycles. The molecule has 0 saturated carbocycles. The van der Waals surface area contributed by atoms with E-state index in [0.717, 1.165) is 58.4 Å². The van der Waals surface area contributed by atoms with Crippen molar-refractivity contribution in [3.05, 3.63) is 45.5 Å². The molecular weight excluding hydrogens is 499 g/mol. The van der Waals surface area contributed by atoms with Gasteiger partial charge >= 0.3 is 0 Å². The summed E-state index contributed by atoms with van der Waals surface area (Å²) in [5.41, 5.74) is 6.22. The molecule has 1 heterocycles. The third-order valence-electron chi connectivity index (χ3n) is 5.86. The molecule has 3 rings (SSSR count). The number of H-pyrrole nitrogens is 1. The molecule has 0 fully saturated rings. The monoisotopic (exact) mass is 534 g/mol. The summed E-state index contributed by atoms with van der Waals surface area (Å²) in [6.07, 6.45) is 4.03. The number of hydrogen-bond acceptors (Lipinski definition) is 8. The molecule has 6 N–H and O–H groups in total. The van der Waals surface area contributed by atoms with Crippen LogP contribution in [0.25, 0.3) is 22.3 Å². The summed E-state index contributed by atoms with van der Waals surface area (Å²) in [7, 11) is 2.98. The predicted octanol–water partition coefficient (Wildman–Crippen LogP) is 3.51. The van der Waals surface area contributed by atoms with Crippen LogP contribution in [0.5, 0.6) is 11.5 Å². The first kappa shape index (κ1) is 28.6. The molecule has 0 aliphatic rings. The van der Waals surface area contributed by atoms with Crippen LogP contribution in [0.2, 0.25) is 5.02 Å². The normalized spacial score (nSPS) is 11.2. The Balaban J connectivity index is 1.59. The Morgan fingerprint density at radius 1 is 0.973 bits per heavy atom. The second-order valence-corrected chi connectivity index (χ2v) is 8.99. The van der Waals surface area contributed by atoms with Crippen molar-refractivity contribution in [3.8, 4) is 22.9 Å². The standard InChI is InChI=1S/C26H36ClFN6O3/c1-36-23-14-17(13-19(27)24(23)37-2)25-33-21-16-22(20(28)15-18(21)26(35)34-25)32-12-6-11-31-9-4-3-8-30-10-5-7-29/h13-16,30-32H,3-12,29H2,1-2H3,(H,33,34,35). The van der Waals surface area contributed by atoms with Gasteiger partial charge in [-0.1, -0.05) is 11.6 Å². The van der Waals surface area contributed by atoms with E-state index in [0.29, 0.717) is 39.8 Å². The van der Waals surface area contributed by atoms with Crippen LogP contribution >= 0.6 is 11.6 Å². The fourth-order valence-corrected chi connectivity index (χ4v) is 4.19. The fraction of sp³-hybridized carbons (Fsp3) is 0.462. The first-order valence-corrected chi connectivity index (χ1v) is 12.9. The van der Waals surface area contributed by atoms with Crippen molar-refractivity contribution in [2.75, 3.05) is 58.8 Å². The lowest BCUT2D eigenvalue weighted by Crippen LogP contribution is -2.22. The summed E-state index contributed by atoms with van der Waals surface area (Å²) in [4.78, 5) is 19.9. The van der Waals surface area contributed by atoms with Crippen molar-refractivity contribution in [1.82, 2.24) is 20.6 Å². The number of fused-ring (bicyclic) bond motifs is 1. The van der Waals surface area contributed by atoms with Crippen molar-refractivity contribution in [3.63, 3.8) is 0 Å². The highest BCUT2D eigenvalue weighted by Crippen LogP contribution is 2.38. The number of rotatable bonds is 16. The first-order valence-electron chi connectivity index (χ1n) is 12.5. The van der Waals surface area contributed by atoms with Crippen LogP contribution in [-0.2, 0) is 0 Å². The number of unbranched alkanes of at least 4 members (excludes halogenated alkanes) is 1. The van der Waals surface area contributed by atoms with Crippen LogP contribution in [0.3, 0.4) is 0 Å². The number of halogens is 2. The zero-order chi connectivity index (χ0) is 26.6. The van der Waals surface area contributed by atoms with Crippen LogP contribution in [0, 0.1) is 5.82 Å². The van der Waals surface area contributed by atoms with E-state index in [4.69, 9.17) is 26.8 Å². The van der Waals surface area contributed by atoms with Crippen LogP contribution in [-0.4, -0.2) is 63.5 Å². The van der Waals surface area contributed by atoms with Gasteiger partial charge in [0.15, 0.2) is 11.5 Å². The third-order valence-corrected chi connectivity index (χ3v) is 6.14. The quantitative estimate of drug-likeness (QED) is 0.177. The van der Waals surface area contributed by atoms with E-state index < -0.39 is 11.4 Å². The number of hydrogen-bond donors (Lipinski definition) is 5. The summed E-state index contributed by atoms with van der Waals surface area (Å²) >= 11 is 6.31. The molecule has 37 heavy (non-hydrogen) atoms. The van der Waals surface area contributed by atoms with Gasteiger partial charge in [-0.3, -0.25) is 4.79 Å². The largest absolute Gasteiger partial charge is 0.493 e. The molecule has 0 unspecified atom stereocenters. The lowest BCUT2D eigenvalue weighted by molar-refractivity contribution is 0.355. The number of anilines is 1. The second-order valence-electron chi connectivity index (χ2n) is 8.59. The van der Waals surface area contributed by atoms with E-state index in [1.54, 1.807) is 18.2 Å². The van der Waals surface area contributed by atoms with Gasteiger partial charge < -0.3 is 36.1 Å². The van der Waals surface area contributed by atoms with E-state index in [-0.39, 0.29) is 11.2 Å². The smallest absolute Gasteiger partial charge is 0.259 e. The lowest BCUT2D eigenvalue weighted by Gasteiger charge is -2.12. The van der Waals surface area contributed by atoms with Crippen molar-refractivity contribution in [1.29, 1.82) is 0 Å². The molecule has 202 valence electrons. The van der Waals surface area contributed by atoms with Crippen molar-refractivity contribution < 1.29 is 13.9 Å². The average molecular weight is 535 g/mol. The highest BCUT2D eigenvalue weighted by atomic mass is 35.5. The second kappa shape index (κ2) is 14.7. The Morgan fingerprint density at radius 3 is 2.35 bits per heavy atom. The van der Waals surface area contributed by atoms with Crippen LogP contribution in [0.15, 0.2) is 29.1 Å². The Morgan fingerprint density at radius 2 is 1.68 bits per heavy atom. The SMILES string of the molecule is COc1cc(-c2nc3cc(NCCCNCCCCNCCCN)c(F)cc3c(=O)[nH]2)cc(Cl)c1OC. The van der Waals surface area contributed by atoms with E-state index in [1.807, 2.05) is 0 Å². The molecule has 0 atom stereocenters. The molecule has 0 bridgehead atoms. The maximum Gasteiger partial charge on any atom is 0.259 e. The highest BCUT2D eigenvalue weighted by molar-refractivity contribution is 6.32. The summed E-state index contributed by atoms with van der Waals surface area (Å²) < 4.78 is 25.3. The number of aromatic amines is 1. The topological polar surface area (TPSA) is 126 Å². The summed E-state index contributed by atoms with van der Waals surface area (Å²) in [5.74, 6) is 0.574. The van der Waals surface area contributed by atoms with Gasteiger partial charge in [-0.25, -0.2) is 9.37 Å². The number of aromatic nitrogens is 2. The van der Waals surface area contributed by atoms with Crippen molar-refractivity contribution in [2.24, 2.45) is 5.73 Å². The third kappa shape index (κ3) is 8.03. The number of methoxy groups -OCH3 is 2. The minimum Gasteiger partial charge on any atom is -0.493 e. The maximum absolute atomic E-state index is 14.7. The van der Waals surface area contributed by atoms with Gasteiger partial charge in [0.1, 0.15) is 11.6 Å². The minimum atomic E-state index is -0.503. The summed E-state index contributed by atoms with van der Waals surface area (Å²) in [6.45, 7) is 5.04. The first-order chi connectivity index (χ1) is 18.0. The molecule has 11 heteroatoms. The molecule has 0 aliphatic carbocycles. The number of nitrogens with one attached hydrogen (secondary N) is 4. The summed E-state index contributed by atoms with van der Waals surface area (Å²) in [6, 6.07) is 6.05. The molecule has 0 radical (unpaired) electrons. The van der Waals surface area contributed by atoms with Gasteiger partial charge in [0.2, 0.25) is 0 Å². The molecular formula is C26H36ClFN6O3. The number of nitrogens with two attached hydrogens (primary N) is 1. The molecule has 0 spiro atoms. The van der Waals surface area contributed by atoms with Crippen molar-refractivity contribution in [2.45, 2.75) is 25.7 Å². The van der Waals surface area contributed by atoms with Crippen LogP contribution < -0.4 is 36.7 Å². The maximum atomic E-state index is 14.7. The number of benzene rings is 2. The Hall–Kier alpha value is -2.92. The molecule has 1 aromatic heterocycles. The van der Waals surface area contributed by atoms with E-state index in [9.17, 15) is 9.18 Å². The van der Waals surface area contributed by atoms with E-state index in [1.165, 1.54) is 20.3 Å². The zero-order valence-corrected chi connectivity index (χ0v) is 22.1. The van der Waals surface area contributed by atoms with Gasteiger partial charge in [-0.2, -0.15) is 0 Å². The van der Waals surface area contributed by atoms with Crippen LogP contribution in [0.4, 0.5) is 10.1 Å². The van der Waals surface area contributed by atoms with Crippen LogP contribution in [0.1, 0.15) is 25.7 Å². The van der Waals surface area contributed by atoms with Gasteiger partial charge in [0.25, 0.3) is 5.56 Å². The number of ether oxygens (including phenoxy) is 2. The predicted molar refractivity (Wildman–Crippen MR) is 148 cm³/mol. The van der Waals surface area contributed by atoms with Crippen molar-refractivity contribution >= 4 is 28.2 Å². The molecule has 9 nitrogen and oxygen atoms in total. The van der Waals surface area contributed by atoms with Gasteiger partial charge in [0, 0.05) is 12.1 Å². The lowest BCUT2D eigenvalue weighted by atomic mass is 10.1. The fourth-order valence-electron chi connectivity index (χ4n) is 3.90. The Kier molecular flexibility index (Phi) is 11.4. The highest BCUT2D eigenvalue weighted by Gasteiger charge is 2.15. The van der Waals surface area contributed by atoms with Gasteiger partial charge in [-0.05, 0) is 82.7 Å². The van der Waals surface area contributed by atoms with Gasteiger partial charge in [0.05, 0.1) is 35.8 Å². The summed E-state index contributed by atoms with van der Waals surface area (Å²) in [5, 5.41) is 10.4. The van der Waals surface area contributed by atoms with E-state index in [2.05, 4.69) is 25.9 Å².